The Labute approximate surface area is 148 Å². The molecular formula is C20H26N2O3. The van der Waals surface area contributed by atoms with Crippen molar-refractivity contribution in [2.75, 3.05) is 39.5 Å². The van der Waals surface area contributed by atoms with Crippen LogP contribution < -0.4 is 4.74 Å². The summed E-state index contributed by atoms with van der Waals surface area (Å²) >= 11 is 0. The van der Waals surface area contributed by atoms with Gasteiger partial charge in [-0.2, -0.15) is 0 Å². The minimum absolute atomic E-state index is 0.709. The fraction of sp³-hybridized carbons (Fsp3) is 0.550. The van der Waals surface area contributed by atoms with Crippen LogP contribution in [0.1, 0.15) is 25.0 Å². The van der Waals surface area contributed by atoms with E-state index in [-0.39, 0.29) is 0 Å². The molecular weight excluding hydrogens is 316 g/mol. The van der Waals surface area contributed by atoms with E-state index < -0.39 is 0 Å². The highest BCUT2D eigenvalue weighted by atomic mass is 16.5. The second kappa shape index (κ2) is 8.02. The van der Waals surface area contributed by atoms with Crippen molar-refractivity contribution in [1.29, 1.82) is 0 Å². The number of benzene rings is 1. The van der Waals surface area contributed by atoms with Crippen molar-refractivity contribution in [3.05, 3.63) is 36.4 Å². The van der Waals surface area contributed by atoms with Gasteiger partial charge in [-0.15, -0.1) is 0 Å². The number of hydrogen-bond donors (Lipinski definition) is 0. The average Bonchev–Trinajstić information content (AvgIpc) is 3.36. The van der Waals surface area contributed by atoms with Gasteiger partial charge in [-0.05, 0) is 43.7 Å². The fourth-order valence-electron chi connectivity index (χ4n) is 3.30. The van der Waals surface area contributed by atoms with E-state index in [2.05, 4.69) is 16.0 Å². The number of hydrogen-bond acceptors (Lipinski definition) is 5. The molecule has 0 unspecified atom stereocenters. The predicted molar refractivity (Wildman–Crippen MR) is 95.7 cm³/mol. The number of para-hydroxylation sites is 1. The molecule has 0 radical (unpaired) electrons. The highest BCUT2D eigenvalue weighted by molar-refractivity contribution is 5.67. The first kappa shape index (κ1) is 16.6. The number of nitrogens with zero attached hydrogens (tertiary/aromatic N) is 2. The minimum atomic E-state index is 0.709. The highest BCUT2D eigenvalue weighted by Crippen LogP contribution is 2.37. The van der Waals surface area contributed by atoms with Crippen molar-refractivity contribution in [2.24, 2.45) is 5.92 Å². The maximum atomic E-state index is 6.08. The molecule has 5 heteroatoms. The maximum absolute atomic E-state index is 6.08. The Kier molecular flexibility index (Phi) is 5.33. The third kappa shape index (κ3) is 4.41. The van der Waals surface area contributed by atoms with Gasteiger partial charge >= 0.3 is 0 Å². The minimum Gasteiger partial charge on any atom is -0.493 e. The van der Waals surface area contributed by atoms with Gasteiger partial charge in [0.05, 0.1) is 31.1 Å². The van der Waals surface area contributed by atoms with Crippen molar-refractivity contribution < 1.29 is 13.9 Å². The van der Waals surface area contributed by atoms with Crippen LogP contribution in [0.25, 0.3) is 11.3 Å². The zero-order valence-corrected chi connectivity index (χ0v) is 14.7. The summed E-state index contributed by atoms with van der Waals surface area (Å²) in [4.78, 5) is 6.86. The number of ether oxygens (including phenoxy) is 2. The summed E-state index contributed by atoms with van der Waals surface area (Å²) in [5, 5.41) is 0. The molecule has 1 aromatic heterocycles. The van der Waals surface area contributed by atoms with Gasteiger partial charge in [-0.1, -0.05) is 12.1 Å². The first-order chi connectivity index (χ1) is 12.4. The van der Waals surface area contributed by atoms with Gasteiger partial charge in [0.1, 0.15) is 5.75 Å². The van der Waals surface area contributed by atoms with Gasteiger partial charge in [0.25, 0.3) is 0 Å². The van der Waals surface area contributed by atoms with E-state index in [1.807, 2.05) is 18.2 Å². The Hall–Kier alpha value is -1.85. The van der Waals surface area contributed by atoms with Crippen molar-refractivity contribution >= 4 is 0 Å². The van der Waals surface area contributed by atoms with Crippen molar-refractivity contribution in [3.8, 4) is 17.1 Å². The molecule has 1 saturated heterocycles. The summed E-state index contributed by atoms with van der Waals surface area (Å²) in [6, 6.07) is 8.12. The van der Waals surface area contributed by atoms with E-state index in [0.717, 1.165) is 74.4 Å². The summed E-state index contributed by atoms with van der Waals surface area (Å²) < 4.78 is 17.2. The molecule has 4 rings (SSSR count). The van der Waals surface area contributed by atoms with Gasteiger partial charge in [0, 0.05) is 19.6 Å². The third-order valence-corrected chi connectivity index (χ3v) is 4.93. The lowest BCUT2D eigenvalue weighted by molar-refractivity contribution is 0.0358. The molecule has 2 aliphatic rings. The van der Waals surface area contributed by atoms with Crippen molar-refractivity contribution in [2.45, 2.75) is 25.7 Å². The van der Waals surface area contributed by atoms with Crippen LogP contribution in [0.3, 0.4) is 0 Å². The SMILES string of the molecule is c1ccc(-c2ocnc2CC2CC2)c(OCCCN2CCOCC2)c1. The Morgan fingerprint density at radius 1 is 1.16 bits per heavy atom. The molecule has 2 heterocycles. The molecule has 2 aromatic rings. The molecule has 25 heavy (non-hydrogen) atoms. The molecule has 1 saturated carbocycles. The van der Waals surface area contributed by atoms with Crippen molar-refractivity contribution in [3.63, 3.8) is 0 Å². The van der Waals surface area contributed by atoms with Gasteiger partial charge < -0.3 is 13.9 Å². The summed E-state index contributed by atoms with van der Waals surface area (Å²) in [5.74, 6) is 2.54. The van der Waals surface area contributed by atoms with Gasteiger partial charge in [0.15, 0.2) is 12.2 Å². The number of aromatic nitrogens is 1. The number of rotatable bonds is 8. The van der Waals surface area contributed by atoms with Crippen LogP contribution in [0.5, 0.6) is 5.75 Å². The zero-order valence-electron chi connectivity index (χ0n) is 14.7. The molecule has 0 bridgehead atoms. The molecule has 0 spiro atoms. The van der Waals surface area contributed by atoms with E-state index in [4.69, 9.17) is 13.9 Å². The van der Waals surface area contributed by atoms with Crippen molar-refractivity contribution in [1.82, 2.24) is 9.88 Å². The predicted octanol–water partition coefficient (Wildman–Crippen LogP) is 3.40. The fourth-order valence-corrected chi connectivity index (χ4v) is 3.30. The largest absolute Gasteiger partial charge is 0.493 e. The lowest BCUT2D eigenvalue weighted by Crippen LogP contribution is -2.37. The average molecular weight is 342 g/mol. The summed E-state index contributed by atoms with van der Waals surface area (Å²) in [5.41, 5.74) is 2.08. The zero-order chi connectivity index (χ0) is 16.9. The first-order valence-corrected chi connectivity index (χ1v) is 9.35. The highest BCUT2D eigenvalue weighted by Gasteiger charge is 2.25. The Bertz CT molecular complexity index is 675. The molecule has 0 amide bonds. The van der Waals surface area contributed by atoms with E-state index in [9.17, 15) is 0 Å². The molecule has 134 valence electrons. The maximum Gasteiger partial charge on any atom is 0.181 e. The number of oxazole rings is 1. The van der Waals surface area contributed by atoms with E-state index >= 15 is 0 Å². The molecule has 5 nitrogen and oxygen atoms in total. The van der Waals surface area contributed by atoms with E-state index in [1.54, 1.807) is 6.39 Å². The second-order valence-electron chi connectivity index (χ2n) is 6.93. The second-order valence-corrected chi connectivity index (χ2v) is 6.93. The molecule has 0 N–H and O–H groups in total. The van der Waals surface area contributed by atoms with Crippen LogP contribution in [-0.2, 0) is 11.2 Å². The van der Waals surface area contributed by atoms with Crippen LogP contribution >= 0.6 is 0 Å². The molecule has 0 atom stereocenters. The van der Waals surface area contributed by atoms with Crippen LogP contribution in [-0.4, -0.2) is 49.3 Å². The lowest BCUT2D eigenvalue weighted by Gasteiger charge is -2.26. The molecule has 2 fully saturated rings. The molecule has 1 aromatic carbocycles. The Morgan fingerprint density at radius 2 is 2.00 bits per heavy atom. The quantitative estimate of drug-likeness (QED) is 0.688. The molecule has 1 aliphatic carbocycles. The Balaban J connectivity index is 1.36. The van der Waals surface area contributed by atoms with Crippen LogP contribution in [0.2, 0.25) is 0 Å². The van der Waals surface area contributed by atoms with Crippen LogP contribution in [0.15, 0.2) is 35.1 Å². The topological polar surface area (TPSA) is 47.7 Å². The standard InChI is InChI=1S/C20H26N2O3/c1-2-5-19(24-11-3-8-22-9-12-23-13-10-22)17(4-1)20-18(21-15-25-20)14-16-6-7-16/h1-2,4-5,15-16H,3,6-14H2. The normalized spacial score (nSPS) is 18.4. The third-order valence-electron chi connectivity index (χ3n) is 4.93. The number of morpholine rings is 1. The summed E-state index contributed by atoms with van der Waals surface area (Å²) in [7, 11) is 0. The van der Waals surface area contributed by atoms with Gasteiger partial charge in [-0.25, -0.2) is 4.98 Å². The van der Waals surface area contributed by atoms with E-state index in [0.29, 0.717) is 6.61 Å². The van der Waals surface area contributed by atoms with Gasteiger partial charge in [0.2, 0.25) is 0 Å². The van der Waals surface area contributed by atoms with Crippen LogP contribution in [0, 0.1) is 5.92 Å². The molecule has 1 aliphatic heterocycles. The smallest absolute Gasteiger partial charge is 0.181 e. The summed E-state index contributed by atoms with van der Waals surface area (Å²) in [6.07, 6.45) is 6.21. The van der Waals surface area contributed by atoms with E-state index in [1.165, 1.54) is 12.8 Å². The van der Waals surface area contributed by atoms with Gasteiger partial charge in [-0.3, -0.25) is 4.90 Å². The lowest BCUT2D eigenvalue weighted by atomic mass is 10.1. The monoisotopic (exact) mass is 342 g/mol. The van der Waals surface area contributed by atoms with Crippen LogP contribution in [0.4, 0.5) is 0 Å². The Morgan fingerprint density at radius 3 is 2.84 bits per heavy atom. The summed E-state index contributed by atoms with van der Waals surface area (Å²) in [6.45, 7) is 5.51. The first-order valence-electron chi connectivity index (χ1n) is 9.35.